The van der Waals surface area contributed by atoms with Gasteiger partial charge in [-0.2, -0.15) is 5.26 Å². The lowest BCUT2D eigenvalue weighted by Gasteiger charge is -2.05. The molecule has 4 rings (SSSR count). The Bertz CT molecular complexity index is 1410. The van der Waals surface area contributed by atoms with Crippen LogP contribution in [0.1, 0.15) is 12.7 Å². The molecule has 0 unspecified atom stereocenters. The number of aromatic nitrogens is 2. The Morgan fingerprint density at radius 1 is 1.29 bits per heavy atom. The Morgan fingerprint density at radius 3 is 2.85 bits per heavy atom. The SMILES string of the molecule is CCOc1ccc(-c2ccc(C=C(C#N)C(=O)Nc3nnc(-c4ccco4)s3)o2)c([N+](=O)[O-])c1. The second kappa shape index (κ2) is 9.80. The monoisotopic (exact) mass is 477 g/mol. The molecule has 1 amide bonds. The average Bonchev–Trinajstić information content (AvgIpc) is 3.59. The Kier molecular flexibility index (Phi) is 6.47. The summed E-state index contributed by atoms with van der Waals surface area (Å²) >= 11 is 1.08. The minimum atomic E-state index is -0.713. The number of hydrogen-bond donors (Lipinski definition) is 1. The zero-order valence-electron chi connectivity index (χ0n) is 17.5. The minimum Gasteiger partial charge on any atom is -0.494 e. The molecule has 0 radical (unpaired) electrons. The molecule has 0 saturated carbocycles. The fourth-order valence-electron chi connectivity index (χ4n) is 2.93. The Balaban J connectivity index is 1.54. The van der Waals surface area contributed by atoms with E-state index in [1.54, 1.807) is 25.1 Å². The fourth-order valence-corrected chi connectivity index (χ4v) is 3.64. The minimum absolute atomic E-state index is 0.165. The van der Waals surface area contributed by atoms with Gasteiger partial charge in [0, 0.05) is 6.08 Å². The van der Waals surface area contributed by atoms with Gasteiger partial charge in [-0.1, -0.05) is 11.3 Å². The number of amides is 1. The second-order valence-corrected chi connectivity index (χ2v) is 7.56. The third-order valence-electron chi connectivity index (χ3n) is 4.40. The van der Waals surface area contributed by atoms with Gasteiger partial charge in [0.05, 0.1) is 29.4 Å². The molecule has 4 aromatic rings. The van der Waals surface area contributed by atoms with Gasteiger partial charge in [-0.3, -0.25) is 20.2 Å². The van der Waals surface area contributed by atoms with Crippen molar-refractivity contribution >= 4 is 34.1 Å². The number of rotatable bonds is 8. The van der Waals surface area contributed by atoms with Crippen LogP contribution < -0.4 is 10.1 Å². The molecule has 0 atom stereocenters. The van der Waals surface area contributed by atoms with Crippen molar-refractivity contribution in [3.8, 4) is 33.9 Å². The molecule has 0 saturated heterocycles. The highest BCUT2D eigenvalue weighted by Gasteiger charge is 2.20. The number of benzene rings is 1. The lowest BCUT2D eigenvalue weighted by molar-refractivity contribution is -0.384. The number of ether oxygens (including phenoxy) is 1. The maximum Gasteiger partial charge on any atom is 0.284 e. The molecule has 0 bridgehead atoms. The van der Waals surface area contributed by atoms with Crippen LogP contribution in [-0.2, 0) is 4.79 Å². The van der Waals surface area contributed by atoms with E-state index in [4.69, 9.17) is 13.6 Å². The molecule has 11 nitrogen and oxygen atoms in total. The quantitative estimate of drug-likeness (QED) is 0.161. The zero-order chi connectivity index (χ0) is 24.1. The van der Waals surface area contributed by atoms with Gasteiger partial charge >= 0.3 is 0 Å². The first kappa shape index (κ1) is 22.4. The van der Waals surface area contributed by atoms with Crippen LogP contribution in [0.3, 0.4) is 0 Å². The number of nitriles is 1. The summed E-state index contributed by atoms with van der Waals surface area (Å²) < 4.78 is 16.2. The number of anilines is 1. The molecule has 0 aliphatic heterocycles. The Morgan fingerprint density at radius 2 is 2.15 bits per heavy atom. The number of carbonyl (C=O) groups excluding carboxylic acids is 1. The summed E-state index contributed by atoms with van der Waals surface area (Å²) in [5.74, 6) is 0.513. The van der Waals surface area contributed by atoms with Crippen LogP contribution in [0.4, 0.5) is 10.8 Å². The van der Waals surface area contributed by atoms with Crippen molar-refractivity contribution in [2.24, 2.45) is 0 Å². The summed E-state index contributed by atoms with van der Waals surface area (Å²) in [4.78, 5) is 23.5. The van der Waals surface area contributed by atoms with Gasteiger partial charge < -0.3 is 13.6 Å². The van der Waals surface area contributed by atoms with E-state index in [1.165, 1.54) is 36.6 Å². The molecule has 170 valence electrons. The third-order valence-corrected chi connectivity index (χ3v) is 5.25. The van der Waals surface area contributed by atoms with Crippen molar-refractivity contribution in [2.45, 2.75) is 6.92 Å². The van der Waals surface area contributed by atoms with E-state index in [0.29, 0.717) is 23.1 Å². The molecule has 3 heterocycles. The predicted molar refractivity (Wildman–Crippen MR) is 122 cm³/mol. The fraction of sp³-hybridized carbons (Fsp3) is 0.0909. The van der Waals surface area contributed by atoms with E-state index < -0.39 is 10.8 Å². The highest BCUT2D eigenvalue weighted by atomic mass is 32.1. The summed E-state index contributed by atoms with van der Waals surface area (Å²) in [5, 5.41) is 31.9. The van der Waals surface area contributed by atoms with Gasteiger partial charge in [-0.05, 0) is 43.3 Å². The average molecular weight is 477 g/mol. The van der Waals surface area contributed by atoms with Crippen LogP contribution in [-0.4, -0.2) is 27.6 Å². The van der Waals surface area contributed by atoms with Gasteiger partial charge in [0.25, 0.3) is 11.6 Å². The van der Waals surface area contributed by atoms with Gasteiger partial charge in [0.1, 0.15) is 28.9 Å². The van der Waals surface area contributed by atoms with Crippen molar-refractivity contribution in [3.05, 3.63) is 70.2 Å². The van der Waals surface area contributed by atoms with Crippen LogP contribution in [0.2, 0.25) is 0 Å². The summed E-state index contributed by atoms with van der Waals surface area (Å²) in [7, 11) is 0. The number of nitro benzene ring substituents is 1. The van der Waals surface area contributed by atoms with Gasteiger partial charge in [-0.15, -0.1) is 10.2 Å². The summed E-state index contributed by atoms with van der Waals surface area (Å²) in [6, 6.07) is 12.6. The molecule has 12 heteroatoms. The van der Waals surface area contributed by atoms with E-state index in [9.17, 15) is 20.2 Å². The number of nitrogens with zero attached hydrogens (tertiary/aromatic N) is 4. The highest BCUT2D eigenvalue weighted by molar-refractivity contribution is 7.18. The lowest BCUT2D eigenvalue weighted by Crippen LogP contribution is -2.13. The Hall–Kier alpha value is -4.76. The molecule has 1 N–H and O–H groups in total. The number of furan rings is 2. The van der Waals surface area contributed by atoms with Crippen LogP contribution in [0.15, 0.2) is 63.1 Å². The molecule has 34 heavy (non-hydrogen) atoms. The van der Waals surface area contributed by atoms with Crippen LogP contribution in [0.5, 0.6) is 5.75 Å². The summed E-state index contributed by atoms with van der Waals surface area (Å²) in [6.07, 6.45) is 2.72. The number of nitrogens with one attached hydrogen (secondary N) is 1. The van der Waals surface area contributed by atoms with Gasteiger partial charge in [0.2, 0.25) is 5.13 Å². The van der Waals surface area contributed by atoms with E-state index in [-0.39, 0.29) is 33.5 Å². The molecule has 0 aliphatic rings. The zero-order valence-corrected chi connectivity index (χ0v) is 18.4. The number of carbonyl (C=O) groups is 1. The third kappa shape index (κ3) is 4.84. The van der Waals surface area contributed by atoms with Gasteiger partial charge in [-0.25, -0.2) is 0 Å². The molecule has 0 fully saturated rings. The summed E-state index contributed by atoms with van der Waals surface area (Å²) in [5.41, 5.74) is -0.218. The largest absolute Gasteiger partial charge is 0.494 e. The predicted octanol–water partition coefficient (Wildman–Crippen LogP) is 4.91. The topological polar surface area (TPSA) is 157 Å². The molecule has 0 aliphatic carbocycles. The summed E-state index contributed by atoms with van der Waals surface area (Å²) in [6.45, 7) is 2.14. The first-order chi connectivity index (χ1) is 16.5. The first-order valence-electron chi connectivity index (χ1n) is 9.80. The molecular weight excluding hydrogens is 462 g/mol. The van der Waals surface area contributed by atoms with Crippen LogP contribution in [0.25, 0.3) is 28.2 Å². The van der Waals surface area contributed by atoms with E-state index in [0.717, 1.165) is 11.3 Å². The molecule has 3 aromatic heterocycles. The van der Waals surface area contributed by atoms with Crippen LogP contribution >= 0.6 is 11.3 Å². The standard InChI is InChI=1S/C22H15N5O6S/c1-2-31-14-5-7-16(17(11-14)27(29)30)18-8-6-15(33-18)10-13(12-23)20(28)24-22-26-25-21(34-22)19-4-3-9-32-19/h3-11H,2H2,1H3,(H,24,26,28). The van der Waals surface area contributed by atoms with E-state index in [2.05, 4.69) is 15.5 Å². The molecule has 1 aromatic carbocycles. The van der Waals surface area contributed by atoms with Crippen molar-refractivity contribution in [1.29, 1.82) is 5.26 Å². The highest BCUT2D eigenvalue weighted by Crippen LogP contribution is 2.34. The maximum atomic E-state index is 12.5. The smallest absolute Gasteiger partial charge is 0.284 e. The van der Waals surface area contributed by atoms with E-state index >= 15 is 0 Å². The Labute approximate surface area is 196 Å². The normalized spacial score (nSPS) is 11.1. The first-order valence-corrected chi connectivity index (χ1v) is 10.6. The second-order valence-electron chi connectivity index (χ2n) is 6.58. The van der Waals surface area contributed by atoms with Crippen molar-refractivity contribution < 1.29 is 23.3 Å². The van der Waals surface area contributed by atoms with Gasteiger partial charge in [0.15, 0.2) is 10.8 Å². The number of hydrogen-bond acceptors (Lipinski definition) is 10. The van der Waals surface area contributed by atoms with E-state index in [1.807, 2.05) is 6.07 Å². The van der Waals surface area contributed by atoms with Crippen molar-refractivity contribution in [3.63, 3.8) is 0 Å². The lowest BCUT2D eigenvalue weighted by atomic mass is 10.1. The molecular formula is C22H15N5O6S. The maximum absolute atomic E-state index is 12.5. The van der Waals surface area contributed by atoms with Crippen LogP contribution in [0, 0.1) is 21.4 Å². The van der Waals surface area contributed by atoms with Crippen molar-refractivity contribution in [1.82, 2.24) is 10.2 Å². The molecule has 0 spiro atoms. The number of nitro groups is 1. The van der Waals surface area contributed by atoms with Crippen molar-refractivity contribution in [2.75, 3.05) is 11.9 Å².